The second-order valence-corrected chi connectivity index (χ2v) is 2.86. The van der Waals surface area contributed by atoms with Gasteiger partial charge < -0.3 is 0 Å². The van der Waals surface area contributed by atoms with E-state index in [4.69, 9.17) is 0 Å². The quantitative estimate of drug-likeness (QED) is 0.621. The SMILES string of the molecule is Cc1ccc2c(C=O)c(F)nn2c1. The Kier molecular flexibility index (Phi) is 1.62. The maximum Gasteiger partial charge on any atom is 0.244 e. The predicted molar refractivity (Wildman–Crippen MR) is 45.3 cm³/mol. The number of nitrogens with zero attached hydrogens (tertiary/aromatic N) is 2. The number of aryl methyl sites for hydroxylation is 1. The molecule has 0 spiro atoms. The zero-order valence-electron chi connectivity index (χ0n) is 6.99. The first-order valence-electron chi connectivity index (χ1n) is 3.82. The molecule has 0 N–H and O–H groups in total. The van der Waals surface area contributed by atoms with Gasteiger partial charge in [-0.25, -0.2) is 4.52 Å². The summed E-state index contributed by atoms with van der Waals surface area (Å²) >= 11 is 0. The Labute approximate surface area is 73.8 Å². The Morgan fingerprint density at radius 2 is 2.31 bits per heavy atom. The minimum atomic E-state index is -0.722. The van der Waals surface area contributed by atoms with E-state index in [1.165, 1.54) is 4.52 Å². The minimum absolute atomic E-state index is 0.0139. The Bertz CT molecular complexity index is 476. The molecule has 0 radical (unpaired) electrons. The summed E-state index contributed by atoms with van der Waals surface area (Å²) in [5.74, 6) is -0.722. The summed E-state index contributed by atoms with van der Waals surface area (Å²) in [5.41, 5.74) is 1.48. The van der Waals surface area contributed by atoms with Crippen molar-refractivity contribution in [3.8, 4) is 0 Å². The molecule has 0 saturated heterocycles. The van der Waals surface area contributed by atoms with Crippen molar-refractivity contribution < 1.29 is 9.18 Å². The predicted octanol–water partition coefficient (Wildman–Crippen LogP) is 1.59. The van der Waals surface area contributed by atoms with Crippen molar-refractivity contribution in [2.75, 3.05) is 0 Å². The van der Waals surface area contributed by atoms with Gasteiger partial charge in [-0.05, 0) is 18.6 Å². The number of hydrogen-bond acceptors (Lipinski definition) is 2. The number of aldehydes is 1. The standard InChI is InChI=1S/C9H7FN2O/c1-6-2-3-8-7(5-13)9(10)11-12(8)4-6/h2-5H,1H3. The van der Waals surface area contributed by atoms with E-state index in [1.54, 1.807) is 12.3 Å². The second kappa shape index (κ2) is 2.65. The van der Waals surface area contributed by atoms with Crippen molar-refractivity contribution in [2.45, 2.75) is 6.92 Å². The van der Waals surface area contributed by atoms with E-state index in [0.29, 0.717) is 11.8 Å². The van der Waals surface area contributed by atoms with E-state index in [1.807, 2.05) is 13.0 Å². The lowest BCUT2D eigenvalue weighted by molar-refractivity contribution is 0.112. The highest BCUT2D eigenvalue weighted by Crippen LogP contribution is 2.12. The van der Waals surface area contributed by atoms with Crippen LogP contribution in [0.25, 0.3) is 5.52 Å². The summed E-state index contributed by atoms with van der Waals surface area (Å²) < 4.78 is 14.3. The highest BCUT2D eigenvalue weighted by atomic mass is 19.1. The fourth-order valence-electron chi connectivity index (χ4n) is 1.25. The van der Waals surface area contributed by atoms with Crippen LogP contribution in [0.1, 0.15) is 15.9 Å². The van der Waals surface area contributed by atoms with Crippen LogP contribution in [0.5, 0.6) is 0 Å². The molecule has 2 aromatic heterocycles. The molecule has 0 bridgehead atoms. The van der Waals surface area contributed by atoms with Crippen molar-refractivity contribution >= 4 is 11.8 Å². The molecule has 2 rings (SSSR count). The maximum absolute atomic E-state index is 13.0. The zero-order valence-corrected chi connectivity index (χ0v) is 6.99. The van der Waals surface area contributed by atoms with Gasteiger partial charge in [0.25, 0.3) is 0 Å². The first-order chi connectivity index (χ1) is 6.22. The molecule has 0 aliphatic carbocycles. The Morgan fingerprint density at radius 3 is 3.00 bits per heavy atom. The number of carbonyl (C=O) groups is 1. The molecule has 66 valence electrons. The van der Waals surface area contributed by atoms with Gasteiger partial charge in [0.2, 0.25) is 5.95 Å². The smallest absolute Gasteiger partial charge is 0.244 e. The van der Waals surface area contributed by atoms with E-state index in [0.717, 1.165) is 5.56 Å². The summed E-state index contributed by atoms with van der Waals surface area (Å²) in [6.07, 6.45) is 2.15. The number of fused-ring (bicyclic) bond motifs is 1. The lowest BCUT2D eigenvalue weighted by Gasteiger charge is -1.93. The van der Waals surface area contributed by atoms with Gasteiger partial charge in [0.05, 0.1) is 11.1 Å². The summed E-state index contributed by atoms with van der Waals surface area (Å²) in [6, 6.07) is 3.48. The molecule has 0 aromatic carbocycles. The normalized spacial score (nSPS) is 10.6. The molecule has 2 heterocycles. The molecule has 0 amide bonds. The third-order valence-corrected chi connectivity index (χ3v) is 1.89. The molecule has 13 heavy (non-hydrogen) atoms. The van der Waals surface area contributed by atoms with Gasteiger partial charge in [0.1, 0.15) is 0 Å². The van der Waals surface area contributed by atoms with Crippen molar-refractivity contribution in [1.82, 2.24) is 9.61 Å². The Hall–Kier alpha value is -1.71. The van der Waals surface area contributed by atoms with Gasteiger partial charge in [0.15, 0.2) is 6.29 Å². The Balaban J connectivity index is 2.86. The molecule has 0 aliphatic rings. The highest BCUT2D eigenvalue weighted by molar-refractivity contribution is 5.85. The molecule has 3 nitrogen and oxygen atoms in total. The van der Waals surface area contributed by atoms with Crippen LogP contribution in [0.4, 0.5) is 4.39 Å². The van der Waals surface area contributed by atoms with Crippen molar-refractivity contribution in [3.63, 3.8) is 0 Å². The summed E-state index contributed by atoms with van der Waals surface area (Å²) in [6.45, 7) is 1.87. The molecule has 2 aromatic rings. The van der Waals surface area contributed by atoms with Crippen LogP contribution in [0.2, 0.25) is 0 Å². The van der Waals surface area contributed by atoms with E-state index in [-0.39, 0.29) is 5.56 Å². The van der Waals surface area contributed by atoms with Crippen molar-refractivity contribution in [3.05, 3.63) is 35.4 Å². The molecule has 0 unspecified atom stereocenters. The van der Waals surface area contributed by atoms with Gasteiger partial charge in [-0.2, -0.15) is 4.39 Å². The third kappa shape index (κ3) is 1.11. The molecular weight excluding hydrogens is 171 g/mol. The molecule has 4 heteroatoms. The van der Waals surface area contributed by atoms with Crippen LogP contribution in [-0.4, -0.2) is 15.9 Å². The average molecular weight is 178 g/mol. The number of rotatable bonds is 1. The number of carbonyl (C=O) groups excluding carboxylic acids is 1. The fourth-order valence-corrected chi connectivity index (χ4v) is 1.25. The fraction of sp³-hybridized carbons (Fsp3) is 0.111. The number of pyridine rings is 1. The monoisotopic (exact) mass is 178 g/mol. The van der Waals surface area contributed by atoms with Crippen LogP contribution < -0.4 is 0 Å². The summed E-state index contributed by atoms with van der Waals surface area (Å²) in [5, 5.41) is 3.56. The van der Waals surface area contributed by atoms with E-state index < -0.39 is 5.95 Å². The number of aromatic nitrogens is 2. The first kappa shape index (κ1) is 7.91. The molecular formula is C9H7FN2O. The third-order valence-electron chi connectivity index (χ3n) is 1.89. The van der Waals surface area contributed by atoms with E-state index in [2.05, 4.69) is 5.10 Å². The van der Waals surface area contributed by atoms with Gasteiger partial charge in [-0.1, -0.05) is 6.07 Å². The minimum Gasteiger partial charge on any atom is -0.298 e. The molecule has 0 fully saturated rings. The maximum atomic E-state index is 13.0. The second-order valence-electron chi connectivity index (χ2n) is 2.86. The molecule has 0 aliphatic heterocycles. The van der Waals surface area contributed by atoms with Gasteiger partial charge in [0, 0.05) is 6.20 Å². The van der Waals surface area contributed by atoms with E-state index >= 15 is 0 Å². The van der Waals surface area contributed by atoms with E-state index in [9.17, 15) is 9.18 Å². The topological polar surface area (TPSA) is 34.4 Å². The van der Waals surface area contributed by atoms with Gasteiger partial charge in [-0.15, -0.1) is 5.10 Å². The van der Waals surface area contributed by atoms with Crippen molar-refractivity contribution in [1.29, 1.82) is 0 Å². The Morgan fingerprint density at radius 1 is 1.54 bits per heavy atom. The van der Waals surface area contributed by atoms with Crippen LogP contribution in [0.3, 0.4) is 0 Å². The van der Waals surface area contributed by atoms with Crippen LogP contribution >= 0.6 is 0 Å². The summed E-state index contributed by atoms with van der Waals surface area (Å²) in [4.78, 5) is 10.5. The first-order valence-corrected chi connectivity index (χ1v) is 3.82. The number of hydrogen-bond donors (Lipinski definition) is 0. The van der Waals surface area contributed by atoms with Crippen LogP contribution in [0, 0.1) is 12.9 Å². The largest absolute Gasteiger partial charge is 0.298 e. The van der Waals surface area contributed by atoms with Crippen molar-refractivity contribution in [2.24, 2.45) is 0 Å². The number of halogens is 1. The highest BCUT2D eigenvalue weighted by Gasteiger charge is 2.10. The lowest BCUT2D eigenvalue weighted by atomic mass is 10.2. The average Bonchev–Trinajstić information content (AvgIpc) is 2.39. The molecule has 0 saturated carbocycles. The van der Waals surface area contributed by atoms with Crippen LogP contribution in [0.15, 0.2) is 18.3 Å². The molecule has 0 atom stereocenters. The van der Waals surface area contributed by atoms with Crippen LogP contribution in [-0.2, 0) is 0 Å². The summed E-state index contributed by atoms with van der Waals surface area (Å²) in [7, 11) is 0. The van der Waals surface area contributed by atoms with Gasteiger partial charge >= 0.3 is 0 Å². The lowest BCUT2D eigenvalue weighted by Crippen LogP contribution is -1.87. The zero-order chi connectivity index (χ0) is 9.42. The van der Waals surface area contributed by atoms with Gasteiger partial charge in [-0.3, -0.25) is 4.79 Å².